The lowest BCUT2D eigenvalue weighted by Gasteiger charge is -2.13. The first kappa shape index (κ1) is 36.9. The molecule has 1 heterocycles. The molecule has 0 bridgehead atoms. The van der Waals surface area contributed by atoms with Crippen LogP contribution in [-0.2, 0) is 19.1 Å². The van der Waals surface area contributed by atoms with Crippen molar-refractivity contribution in [2.24, 2.45) is 0 Å². The Morgan fingerprint density at radius 1 is 0.635 bits per heavy atom. The van der Waals surface area contributed by atoms with E-state index in [-0.39, 0.29) is 30.1 Å². The number of carbonyl (C=O) groups is 4. The molecule has 0 fully saturated rings. The number of hydrogen-bond acceptors (Lipinski definition) is 8. The number of amides is 2. The number of halogens is 1. The summed E-state index contributed by atoms with van der Waals surface area (Å²) in [5.74, 6) is 11.0. The van der Waals surface area contributed by atoms with E-state index in [0.717, 1.165) is 38.9 Å². The predicted octanol–water partition coefficient (Wildman–Crippen LogP) is 6.91. The molecular weight excluding hydrogens is 682 g/mol. The van der Waals surface area contributed by atoms with Gasteiger partial charge in [-0.25, -0.2) is 4.79 Å². The second kappa shape index (κ2) is 18.6. The van der Waals surface area contributed by atoms with Crippen LogP contribution in [0, 0.1) is 23.7 Å². The van der Waals surface area contributed by atoms with Crippen LogP contribution in [0.4, 0.5) is 4.39 Å². The van der Waals surface area contributed by atoms with Crippen LogP contribution in [0.5, 0.6) is 11.5 Å². The van der Waals surface area contributed by atoms with E-state index in [0.29, 0.717) is 43.1 Å². The molecule has 260 valence electrons. The molecule has 5 rings (SSSR count). The van der Waals surface area contributed by atoms with E-state index in [9.17, 15) is 23.6 Å². The minimum atomic E-state index is -1.13. The Balaban J connectivity index is 1.03. The van der Waals surface area contributed by atoms with Crippen LogP contribution in [0.25, 0.3) is 0 Å². The van der Waals surface area contributed by atoms with Gasteiger partial charge >= 0.3 is 5.97 Å². The maximum absolute atomic E-state index is 12.8. The van der Waals surface area contributed by atoms with Gasteiger partial charge in [-0.2, -0.15) is 4.39 Å². The van der Waals surface area contributed by atoms with Gasteiger partial charge in [0.25, 0.3) is 11.8 Å². The molecule has 0 saturated heterocycles. The number of benzene rings is 4. The van der Waals surface area contributed by atoms with E-state index in [4.69, 9.17) is 9.47 Å². The normalized spacial score (nSPS) is 11.6. The minimum Gasteiger partial charge on any atom is -0.494 e. The molecule has 0 saturated carbocycles. The lowest BCUT2D eigenvalue weighted by atomic mass is 10.1. The molecule has 0 atom stereocenters. The number of nitrogens with zero attached hydrogens (tertiary/aromatic N) is 1. The van der Waals surface area contributed by atoms with Gasteiger partial charge in [-0.3, -0.25) is 19.3 Å². The van der Waals surface area contributed by atoms with Crippen molar-refractivity contribution < 1.29 is 37.8 Å². The molecule has 0 spiro atoms. The Hall–Kier alpha value is -6.36. The van der Waals surface area contributed by atoms with E-state index >= 15 is 0 Å². The smallest absolute Gasteiger partial charge is 0.366 e. The topological polar surface area (TPSA) is 99.2 Å². The van der Waals surface area contributed by atoms with Crippen molar-refractivity contribution in [3.05, 3.63) is 149 Å². The van der Waals surface area contributed by atoms with Crippen molar-refractivity contribution in [1.82, 2.24) is 4.90 Å². The summed E-state index contributed by atoms with van der Waals surface area (Å²) in [5, 5.41) is -0.105. The molecule has 52 heavy (non-hydrogen) atoms. The van der Waals surface area contributed by atoms with Gasteiger partial charge in [0.05, 0.1) is 19.8 Å². The van der Waals surface area contributed by atoms with Gasteiger partial charge in [0.2, 0.25) is 10.9 Å². The number of esters is 1. The average molecular weight is 714 g/mol. The fourth-order valence-corrected chi connectivity index (χ4v) is 5.32. The predicted molar refractivity (Wildman–Crippen MR) is 195 cm³/mol. The number of ether oxygens (including phenoxy) is 3. The van der Waals surface area contributed by atoms with Crippen LogP contribution in [0.3, 0.4) is 0 Å². The van der Waals surface area contributed by atoms with E-state index in [1.807, 2.05) is 60.7 Å². The first-order valence-electron chi connectivity index (χ1n) is 16.2. The zero-order valence-electron chi connectivity index (χ0n) is 27.9. The second-order valence-electron chi connectivity index (χ2n) is 11.1. The maximum Gasteiger partial charge on any atom is 0.366 e. The van der Waals surface area contributed by atoms with Gasteiger partial charge in [0, 0.05) is 57.8 Å². The summed E-state index contributed by atoms with van der Waals surface area (Å²) < 4.78 is 28.6. The van der Waals surface area contributed by atoms with Crippen LogP contribution in [0.1, 0.15) is 45.5 Å². The molecule has 0 aliphatic carbocycles. The van der Waals surface area contributed by atoms with Crippen LogP contribution in [0.2, 0.25) is 0 Å². The molecule has 2 amide bonds. The molecule has 1 aliphatic rings. The number of thioether (sulfide) groups is 1. The van der Waals surface area contributed by atoms with Crippen molar-refractivity contribution >= 4 is 34.7 Å². The highest BCUT2D eigenvalue weighted by Gasteiger charge is 2.22. The summed E-state index contributed by atoms with van der Waals surface area (Å²) in [4.78, 5) is 49.0. The highest BCUT2D eigenvalue weighted by molar-refractivity contribution is 8.14. The van der Waals surface area contributed by atoms with Crippen molar-refractivity contribution in [3.8, 4) is 35.2 Å². The van der Waals surface area contributed by atoms with Crippen LogP contribution in [0.15, 0.2) is 127 Å². The Kier molecular flexibility index (Phi) is 13.2. The largest absolute Gasteiger partial charge is 0.494 e. The molecule has 1 aliphatic heterocycles. The summed E-state index contributed by atoms with van der Waals surface area (Å²) in [6.45, 7) is 3.88. The lowest BCUT2D eigenvalue weighted by molar-refractivity contribution is -0.141. The van der Waals surface area contributed by atoms with Crippen molar-refractivity contribution in [3.63, 3.8) is 0 Å². The summed E-state index contributed by atoms with van der Waals surface area (Å²) in [7, 11) is 0. The van der Waals surface area contributed by atoms with Gasteiger partial charge < -0.3 is 14.2 Å². The molecule has 8 nitrogen and oxygen atoms in total. The Labute approximate surface area is 305 Å². The summed E-state index contributed by atoms with van der Waals surface area (Å²) in [5.41, 5.74) is 3.83. The zero-order chi connectivity index (χ0) is 36.7. The third kappa shape index (κ3) is 11.3. The van der Waals surface area contributed by atoms with Crippen LogP contribution < -0.4 is 9.47 Å². The number of carbonyl (C=O) groups excluding carboxylic acids is 4. The zero-order valence-corrected chi connectivity index (χ0v) is 28.7. The first-order chi connectivity index (χ1) is 25.2. The number of rotatable bonds is 13. The number of hydrogen-bond donors (Lipinski definition) is 0. The quantitative estimate of drug-likeness (QED) is 0.0369. The van der Waals surface area contributed by atoms with E-state index < -0.39 is 11.8 Å². The highest BCUT2D eigenvalue weighted by atomic mass is 32.2. The van der Waals surface area contributed by atoms with Gasteiger partial charge in [0.15, 0.2) is 0 Å². The van der Waals surface area contributed by atoms with Crippen molar-refractivity contribution in [1.29, 1.82) is 0 Å². The SMILES string of the molecule is C=C(F)C(=O)OCCCOc1ccc(SC(=O)c2ccc(C#Cc3ccc(C#Cc4ccc(OCCCN5C(=O)C=CC5=O)cc4)cc3)cc2)cc1. The van der Waals surface area contributed by atoms with E-state index in [2.05, 4.69) is 35.0 Å². The Bertz CT molecular complexity index is 2070. The molecule has 4 aromatic carbocycles. The summed E-state index contributed by atoms with van der Waals surface area (Å²) in [6, 6.07) is 29.2. The van der Waals surface area contributed by atoms with E-state index in [1.54, 1.807) is 36.4 Å². The fourth-order valence-electron chi connectivity index (χ4n) is 4.58. The molecule has 0 N–H and O–H groups in total. The van der Waals surface area contributed by atoms with Gasteiger partial charge in [0.1, 0.15) is 11.5 Å². The molecule has 0 aromatic heterocycles. The maximum atomic E-state index is 12.8. The van der Waals surface area contributed by atoms with E-state index in [1.165, 1.54) is 17.1 Å². The Morgan fingerprint density at radius 3 is 1.58 bits per heavy atom. The van der Waals surface area contributed by atoms with Crippen molar-refractivity contribution in [2.45, 2.75) is 17.7 Å². The van der Waals surface area contributed by atoms with Gasteiger partial charge in [-0.05, 0) is 115 Å². The van der Waals surface area contributed by atoms with Gasteiger partial charge in [-0.1, -0.05) is 30.3 Å². The third-order valence-corrected chi connectivity index (χ3v) is 8.23. The highest BCUT2D eigenvalue weighted by Crippen LogP contribution is 2.25. The first-order valence-corrected chi connectivity index (χ1v) is 17.0. The third-order valence-electron chi connectivity index (χ3n) is 7.30. The molecule has 0 unspecified atom stereocenters. The second-order valence-corrected chi connectivity index (χ2v) is 12.2. The molecular formula is C42H32FNO7S. The van der Waals surface area contributed by atoms with Gasteiger partial charge in [-0.15, -0.1) is 0 Å². The molecule has 4 aromatic rings. The monoisotopic (exact) mass is 713 g/mol. The molecule has 10 heteroatoms. The Morgan fingerprint density at radius 2 is 1.08 bits per heavy atom. The lowest BCUT2D eigenvalue weighted by Crippen LogP contribution is -2.31. The number of imide groups is 1. The van der Waals surface area contributed by atoms with Crippen LogP contribution >= 0.6 is 11.8 Å². The summed E-state index contributed by atoms with van der Waals surface area (Å²) in [6.07, 6.45) is 3.48. The standard InChI is InChI=1S/C42H32FNO7S/c1-30(43)41(47)51-29-3-28-50-37-20-22-38(23-21-37)52-42(48)35-16-12-33(13-17-35)10-8-31-4-6-32(7-5-31)9-11-34-14-18-36(19-15-34)49-27-2-26-44-39(45)24-25-40(44)46/h4-7,12-25H,1-3,26-29H2. The summed E-state index contributed by atoms with van der Waals surface area (Å²) >= 11 is 1.10. The minimum absolute atomic E-state index is 0.0205. The van der Waals surface area contributed by atoms with Crippen LogP contribution in [-0.4, -0.2) is 54.2 Å². The van der Waals surface area contributed by atoms with Crippen molar-refractivity contribution in [2.75, 3.05) is 26.4 Å². The average Bonchev–Trinajstić information content (AvgIpc) is 3.48. The fraction of sp³-hybridized carbons (Fsp3) is 0.143. The molecule has 0 radical (unpaired) electrons.